The van der Waals surface area contributed by atoms with Gasteiger partial charge in [0.2, 0.25) is 0 Å². The monoisotopic (exact) mass is 486 g/mol. The van der Waals surface area contributed by atoms with E-state index in [1.54, 1.807) is 13.1 Å². The summed E-state index contributed by atoms with van der Waals surface area (Å²) in [5, 5.41) is 1.35. The lowest BCUT2D eigenvalue weighted by atomic mass is 10.2. The molecule has 9 nitrogen and oxygen atoms in total. The maximum atomic E-state index is 15.2. The Morgan fingerprint density at radius 2 is 1.80 bits per heavy atom. The third-order valence-electron chi connectivity index (χ3n) is 6.29. The molecule has 4 aromatic rings. The van der Waals surface area contributed by atoms with Gasteiger partial charge in [0.15, 0.2) is 28.8 Å². The first-order chi connectivity index (χ1) is 17.0. The van der Waals surface area contributed by atoms with Gasteiger partial charge in [-0.2, -0.15) is 0 Å². The molecular formula is C24H26F2N5O4+. The van der Waals surface area contributed by atoms with Crippen LogP contribution in [0.1, 0.15) is 12.6 Å². The van der Waals surface area contributed by atoms with E-state index in [1.807, 2.05) is 6.07 Å². The number of ether oxygens (including phenoxy) is 3. The van der Waals surface area contributed by atoms with Gasteiger partial charge >= 0.3 is 11.3 Å². The number of fused-ring (bicyclic) bond motifs is 3. The summed E-state index contributed by atoms with van der Waals surface area (Å²) < 4.78 is 48.3. The fraction of sp³-hybridized carbons (Fsp3) is 0.375. The summed E-state index contributed by atoms with van der Waals surface area (Å²) in [4.78, 5) is 23.7. The first kappa shape index (κ1) is 23.2. The number of nitrogens with zero attached hydrogens (tertiary/aromatic N) is 4. The van der Waals surface area contributed by atoms with E-state index < -0.39 is 23.0 Å². The van der Waals surface area contributed by atoms with E-state index in [0.29, 0.717) is 36.3 Å². The molecule has 0 bridgehead atoms. The number of morpholine rings is 1. The van der Waals surface area contributed by atoms with Crippen molar-refractivity contribution in [2.24, 2.45) is 0 Å². The zero-order valence-corrected chi connectivity index (χ0v) is 19.7. The van der Waals surface area contributed by atoms with Crippen LogP contribution < -0.4 is 20.1 Å². The Kier molecular flexibility index (Phi) is 6.12. The molecule has 0 saturated carbocycles. The Morgan fingerprint density at radius 1 is 1.11 bits per heavy atom. The van der Waals surface area contributed by atoms with Crippen LogP contribution in [0.25, 0.3) is 27.6 Å². The molecule has 4 heterocycles. The second kappa shape index (κ2) is 9.23. The molecular weight excluding hydrogens is 460 g/mol. The van der Waals surface area contributed by atoms with Crippen molar-refractivity contribution >= 4 is 21.9 Å². The maximum Gasteiger partial charge on any atom is 0.333 e. The first-order valence-corrected chi connectivity index (χ1v) is 11.3. The number of rotatable bonds is 6. The Hall–Kier alpha value is -3.57. The highest BCUT2D eigenvalue weighted by atomic mass is 19.1. The molecule has 1 aromatic carbocycles. The van der Waals surface area contributed by atoms with Crippen molar-refractivity contribution in [1.29, 1.82) is 0 Å². The number of aromatic nitrogens is 4. The average Bonchev–Trinajstić information content (AvgIpc) is 3.28. The molecule has 1 saturated heterocycles. The minimum Gasteiger partial charge on any atom is -0.493 e. The van der Waals surface area contributed by atoms with Crippen LogP contribution in [0.5, 0.6) is 11.5 Å². The third kappa shape index (κ3) is 3.90. The molecule has 1 aliphatic heterocycles. The highest BCUT2D eigenvalue weighted by molar-refractivity contribution is 6.00. The van der Waals surface area contributed by atoms with Crippen LogP contribution >= 0.6 is 0 Å². The topological polar surface area (TPSA) is 84.9 Å². The lowest BCUT2D eigenvalue weighted by Gasteiger charge is -2.24. The molecule has 0 unspecified atom stereocenters. The molecule has 11 heteroatoms. The highest BCUT2D eigenvalue weighted by Crippen LogP contribution is 2.33. The Morgan fingerprint density at radius 3 is 2.43 bits per heavy atom. The van der Waals surface area contributed by atoms with E-state index in [1.165, 1.54) is 25.0 Å². The van der Waals surface area contributed by atoms with Gasteiger partial charge < -0.3 is 14.2 Å². The fourth-order valence-corrected chi connectivity index (χ4v) is 4.56. The summed E-state index contributed by atoms with van der Waals surface area (Å²) >= 11 is 0. The van der Waals surface area contributed by atoms with Gasteiger partial charge in [0, 0.05) is 38.0 Å². The quantitative estimate of drug-likeness (QED) is 0.416. The van der Waals surface area contributed by atoms with Crippen LogP contribution in [-0.4, -0.2) is 59.5 Å². The minimum absolute atomic E-state index is 0.233. The predicted octanol–water partition coefficient (Wildman–Crippen LogP) is 2.30. The van der Waals surface area contributed by atoms with Crippen LogP contribution in [0.4, 0.5) is 8.78 Å². The summed E-state index contributed by atoms with van der Waals surface area (Å²) in [6, 6.07) is 3.06. The second-order valence-corrected chi connectivity index (χ2v) is 8.27. The van der Waals surface area contributed by atoms with Crippen LogP contribution in [-0.2, 0) is 17.8 Å². The Bertz CT molecular complexity index is 1450. The van der Waals surface area contributed by atoms with Gasteiger partial charge in [-0.3, -0.25) is 14.0 Å². The van der Waals surface area contributed by atoms with Crippen LogP contribution in [0.3, 0.4) is 0 Å². The minimum atomic E-state index is -0.997. The van der Waals surface area contributed by atoms with Gasteiger partial charge in [-0.1, -0.05) is 0 Å². The molecule has 3 aromatic heterocycles. The predicted molar refractivity (Wildman–Crippen MR) is 124 cm³/mol. The third-order valence-corrected chi connectivity index (χ3v) is 6.29. The number of pyridine rings is 1. The van der Waals surface area contributed by atoms with Crippen molar-refractivity contribution in [3.8, 4) is 17.2 Å². The van der Waals surface area contributed by atoms with Gasteiger partial charge in [-0.25, -0.2) is 18.6 Å². The van der Waals surface area contributed by atoms with Crippen LogP contribution in [0.15, 0.2) is 29.3 Å². The van der Waals surface area contributed by atoms with Gasteiger partial charge in [-0.05, 0) is 11.9 Å². The largest absolute Gasteiger partial charge is 0.493 e. The molecule has 0 atom stereocenters. The van der Waals surface area contributed by atoms with Gasteiger partial charge in [0.1, 0.15) is 5.69 Å². The van der Waals surface area contributed by atoms with Crippen molar-refractivity contribution < 1.29 is 28.0 Å². The van der Waals surface area contributed by atoms with E-state index in [4.69, 9.17) is 19.2 Å². The SMILES string of the molecule is CCn1c(=O)n(-c2c(F)c(OC)cc(OC)c2F)cc2c[nH+]c3nc(CN4CCOCC4)cc3c21. The fourth-order valence-electron chi connectivity index (χ4n) is 4.56. The molecule has 1 fully saturated rings. The number of H-pyrrole nitrogens is 1. The molecule has 0 radical (unpaired) electrons. The average molecular weight is 486 g/mol. The highest BCUT2D eigenvalue weighted by Gasteiger charge is 2.26. The number of benzene rings is 1. The molecule has 1 N–H and O–H groups in total. The molecule has 5 rings (SSSR count). The number of aromatic amines is 1. The van der Waals surface area contributed by atoms with Crippen LogP contribution in [0, 0.1) is 11.6 Å². The van der Waals surface area contributed by atoms with Crippen molar-refractivity contribution in [1.82, 2.24) is 19.0 Å². The Labute approximate surface area is 199 Å². The standard InChI is InChI=1S/C24H25F2N5O4/c1-4-30-21-14(11-27-23-16(21)9-15(28-23)13-29-5-7-35-8-6-29)12-31(24(30)32)22-19(25)17(33-2)10-18(34-3)20(22)26/h9-12H,4-8,13H2,1-3H3/p+1. The lowest BCUT2D eigenvalue weighted by Crippen LogP contribution is -2.35. The van der Waals surface area contributed by atoms with Crippen molar-refractivity contribution in [3.63, 3.8) is 0 Å². The zero-order chi connectivity index (χ0) is 24.7. The van der Waals surface area contributed by atoms with E-state index in [9.17, 15) is 4.79 Å². The van der Waals surface area contributed by atoms with Gasteiger partial charge in [-0.15, -0.1) is 0 Å². The van der Waals surface area contributed by atoms with Gasteiger partial charge in [0.25, 0.3) is 0 Å². The summed E-state index contributed by atoms with van der Waals surface area (Å²) in [6.07, 6.45) is 3.09. The van der Waals surface area contributed by atoms with Crippen molar-refractivity contribution in [2.75, 3.05) is 40.5 Å². The number of aryl methyl sites for hydroxylation is 1. The normalized spacial score (nSPS) is 14.7. The molecule has 0 spiro atoms. The number of hydrogen-bond donors (Lipinski definition) is 0. The summed E-state index contributed by atoms with van der Waals surface area (Å²) in [5.41, 5.74) is 0.979. The van der Waals surface area contributed by atoms with E-state index in [0.717, 1.165) is 34.8 Å². The van der Waals surface area contributed by atoms with E-state index in [-0.39, 0.29) is 18.0 Å². The number of nitrogens with one attached hydrogen (secondary N) is 1. The molecule has 35 heavy (non-hydrogen) atoms. The number of halogens is 2. The van der Waals surface area contributed by atoms with E-state index >= 15 is 8.78 Å². The smallest absolute Gasteiger partial charge is 0.333 e. The zero-order valence-electron chi connectivity index (χ0n) is 19.7. The van der Waals surface area contributed by atoms with Crippen LogP contribution in [0.2, 0.25) is 0 Å². The summed E-state index contributed by atoms with van der Waals surface area (Å²) in [6.45, 7) is 5.78. The van der Waals surface area contributed by atoms with Gasteiger partial charge in [0.05, 0.1) is 56.5 Å². The molecule has 184 valence electrons. The summed E-state index contributed by atoms with van der Waals surface area (Å²) in [5.74, 6) is -2.46. The van der Waals surface area contributed by atoms with E-state index in [2.05, 4.69) is 9.88 Å². The lowest BCUT2D eigenvalue weighted by molar-refractivity contribution is -0.345. The first-order valence-electron chi connectivity index (χ1n) is 11.3. The summed E-state index contributed by atoms with van der Waals surface area (Å²) in [7, 11) is 2.52. The second-order valence-electron chi connectivity index (χ2n) is 8.27. The Balaban J connectivity index is 1.71. The molecule has 0 aliphatic carbocycles. The van der Waals surface area contributed by atoms with Crippen molar-refractivity contribution in [3.05, 3.63) is 52.3 Å². The number of hydrogen-bond acceptors (Lipinski definition) is 6. The maximum absolute atomic E-state index is 15.2. The molecule has 1 aliphatic rings. The molecule has 0 amide bonds. The number of methoxy groups -OCH3 is 2. The van der Waals surface area contributed by atoms with Crippen molar-refractivity contribution in [2.45, 2.75) is 20.0 Å².